The molecule has 4 N–H and O–H groups in total. The van der Waals surface area contributed by atoms with E-state index in [9.17, 15) is 19.5 Å². The van der Waals surface area contributed by atoms with Crippen LogP contribution in [-0.2, 0) is 38.1 Å². The predicted molar refractivity (Wildman–Crippen MR) is 489 cm³/mol. The summed E-state index contributed by atoms with van der Waals surface area (Å²) in [5.74, 6) is 0.473. The summed E-state index contributed by atoms with van der Waals surface area (Å²) >= 11 is 6.81. The minimum atomic E-state index is -1.18. The fourth-order valence-corrected chi connectivity index (χ4v) is 16.0. The number of hydrogen-bond acceptors (Lipinski definition) is 21. The van der Waals surface area contributed by atoms with Crippen LogP contribution in [0.2, 0.25) is 0 Å². The van der Waals surface area contributed by atoms with Gasteiger partial charge in [0.1, 0.15) is 38.0 Å². The number of benzene rings is 3. The van der Waals surface area contributed by atoms with Gasteiger partial charge in [-0.15, -0.1) is 0 Å². The number of aliphatic carboxylic acids is 1. The molecule has 26 nitrogen and oxygen atoms in total. The Kier molecular flexibility index (Phi) is 32.1. The zero-order chi connectivity index (χ0) is 87.3. The Balaban J connectivity index is 0.000000196. The molecule has 0 spiro atoms. The number of aryl methyl sites for hydroxylation is 3. The Morgan fingerprint density at radius 3 is 0.992 bits per heavy atom. The van der Waals surface area contributed by atoms with E-state index in [2.05, 4.69) is 145 Å². The van der Waals surface area contributed by atoms with Gasteiger partial charge in [0, 0.05) is 93.1 Å². The Hall–Kier alpha value is -9.86. The quantitative estimate of drug-likeness (QED) is 0.0503. The number of halogens is 2. The van der Waals surface area contributed by atoms with Crippen molar-refractivity contribution in [1.82, 2.24) is 58.7 Å². The summed E-state index contributed by atoms with van der Waals surface area (Å²) in [5, 5.41) is 24.9. The number of carbonyl (C=O) groups is 3. The van der Waals surface area contributed by atoms with E-state index >= 15 is 0 Å². The number of aromatic nitrogens is 12. The molecule has 0 amide bonds. The fraction of sp³-hybridized carbons (Fsp3) is 0.432. The molecule has 0 unspecified atom stereocenters. The topological polar surface area (TPSA) is 318 Å². The van der Waals surface area contributed by atoms with Crippen LogP contribution in [0.1, 0.15) is 194 Å². The van der Waals surface area contributed by atoms with Gasteiger partial charge in [-0.25, -0.2) is 34.3 Å². The van der Waals surface area contributed by atoms with E-state index in [0.717, 1.165) is 150 Å². The second-order valence-corrected chi connectivity index (χ2v) is 38.3. The average Bonchev–Trinajstić information content (AvgIpc) is 1.49. The molecule has 12 aromatic rings. The molecule has 3 aliphatic heterocycles. The molecule has 0 radical (unpaired) electrons. The number of hydrogen-bond donors (Lipinski definition) is 1. The predicted octanol–water partition coefficient (Wildman–Crippen LogP) is 16.7. The molecule has 3 fully saturated rings. The number of carbonyl (C=O) groups excluding carboxylic acids is 2. The molecule has 0 bridgehead atoms. The van der Waals surface area contributed by atoms with E-state index in [1.807, 2.05) is 208 Å². The van der Waals surface area contributed by atoms with Crippen molar-refractivity contribution in [3.8, 4) is 56.2 Å². The molecule has 12 heterocycles. The first-order valence-corrected chi connectivity index (χ1v) is 43.0. The van der Waals surface area contributed by atoms with Crippen LogP contribution in [0.15, 0.2) is 173 Å². The number of fused-ring (bicyclic) bond motifs is 3. The third kappa shape index (κ3) is 24.2. The van der Waals surface area contributed by atoms with E-state index in [-0.39, 0.29) is 40.6 Å². The van der Waals surface area contributed by atoms with Gasteiger partial charge < -0.3 is 54.4 Å². The maximum Gasteiger partial charge on any atom is 1.00 e. The van der Waals surface area contributed by atoms with Crippen LogP contribution in [0.25, 0.3) is 73.1 Å². The normalized spacial score (nSPS) is 15.7. The van der Waals surface area contributed by atoms with Gasteiger partial charge in [0.05, 0.1) is 59.1 Å². The molecule has 3 atom stereocenters. The van der Waals surface area contributed by atoms with Gasteiger partial charge in [-0.05, 0) is 239 Å². The van der Waals surface area contributed by atoms with Gasteiger partial charge in [0.2, 0.25) is 0 Å². The van der Waals surface area contributed by atoms with E-state index in [0.29, 0.717) is 55.2 Å². The summed E-state index contributed by atoms with van der Waals surface area (Å²) in [6.07, 6.45) is 8.52. The number of anilines is 3. The van der Waals surface area contributed by atoms with Gasteiger partial charge in [0.25, 0.3) is 0 Å². The Labute approximate surface area is 756 Å². The number of nitrogens with zero attached hydrogens (tertiary/aromatic N) is 15. The first-order valence-electron chi connectivity index (χ1n) is 41.4. The number of rotatable bonds is 17. The number of pyridine rings is 3. The van der Waals surface area contributed by atoms with Gasteiger partial charge in [-0.2, -0.15) is 28.8 Å². The molecule has 29 heteroatoms. The molecule has 15 rings (SSSR count). The summed E-state index contributed by atoms with van der Waals surface area (Å²) in [6, 6.07) is 48.5. The molecular formula is C95H118Br2LiN15O11. The molecule has 0 saturated carbocycles. The van der Waals surface area contributed by atoms with Crippen LogP contribution in [0, 0.1) is 37.0 Å². The fourth-order valence-electron chi connectivity index (χ4n) is 15.3. The van der Waals surface area contributed by atoms with Crippen LogP contribution < -0.4 is 33.6 Å². The molecule has 3 aromatic carbocycles. The van der Waals surface area contributed by atoms with Crippen LogP contribution in [0.5, 0.6) is 0 Å². The van der Waals surface area contributed by atoms with Crippen molar-refractivity contribution in [2.45, 2.75) is 198 Å². The first kappa shape index (κ1) is 97.9. The third-order valence-electron chi connectivity index (χ3n) is 22.0. The minimum Gasteiger partial charge on any atom is -0.870 e. The number of ether oxygens (including phenoxy) is 5. The van der Waals surface area contributed by atoms with Crippen LogP contribution in [0.4, 0.5) is 17.5 Å². The minimum absolute atomic E-state index is 0. The summed E-state index contributed by atoms with van der Waals surface area (Å²) in [4.78, 5) is 73.2. The number of piperidine rings is 3. The number of carboxylic acid groups (broad SMARTS) is 1. The van der Waals surface area contributed by atoms with Crippen LogP contribution in [-0.4, -0.2) is 163 Å². The number of carboxylic acids is 1. The molecule has 9 aromatic heterocycles. The van der Waals surface area contributed by atoms with Crippen LogP contribution in [0.3, 0.4) is 0 Å². The summed E-state index contributed by atoms with van der Waals surface area (Å²) in [6.45, 7) is 41.6. The summed E-state index contributed by atoms with van der Waals surface area (Å²) < 4.78 is 36.0. The van der Waals surface area contributed by atoms with Crippen molar-refractivity contribution in [1.29, 1.82) is 0 Å². The molecule has 3 saturated heterocycles. The second-order valence-electron chi connectivity index (χ2n) is 36.6. The van der Waals surface area contributed by atoms with Crippen LogP contribution >= 0.6 is 31.9 Å². The van der Waals surface area contributed by atoms with Gasteiger partial charge >= 0.3 is 36.8 Å². The summed E-state index contributed by atoms with van der Waals surface area (Å²) in [5.41, 5.74) is 14.7. The van der Waals surface area contributed by atoms with Crippen molar-refractivity contribution in [2.24, 2.45) is 16.2 Å². The molecule has 124 heavy (non-hydrogen) atoms. The molecule has 0 aliphatic carbocycles. The van der Waals surface area contributed by atoms with Crippen molar-refractivity contribution in [3.63, 3.8) is 0 Å². The van der Waals surface area contributed by atoms with E-state index < -0.39 is 53.0 Å². The largest absolute Gasteiger partial charge is 1.00 e. The monoisotopic (exact) mass is 1810 g/mol. The maximum atomic E-state index is 13.2. The Morgan fingerprint density at radius 2 is 0.685 bits per heavy atom. The number of esters is 2. The second kappa shape index (κ2) is 40.6. The maximum absolute atomic E-state index is 13.2. The molecule has 654 valence electrons. The van der Waals surface area contributed by atoms with E-state index in [4.69, 9.17) is 48.8 Å². The van der Waals surface area contributed by atoms with Crippen molar-refractivity contribution >= 4 is 84.2 Å². The van der Waals surface area contributed by atoms with Crippen molar-refractivity contribution in [2.75, 3.05) is 68.2 Å². The van der Waals surface area contributed by atoms with Crippen molar-refractivity contribution < 1.29 is 73.0 Å². The van der Waals surface area contributed by atoms with Crippen molar-refractivity contribution in [3.05, 3.63) is 207 Å². The standard InChI is InChI=1S/C32H39N5O3.C31H37N5O3.C21H31BrN4O3.C11H8BrN.Li.2H2O/c1-21-27(28(30(38)39-7)40-31(2,3)4)29(36-17-14-32(5,6)15-18-36)37-26(34-21)20-25(35-37)24-19-23(13-16-33-24)22-11-9-8-10-12-22;1-20-26(27(29(37)38)39-30(2,3)4)28(35-16-13-31(5,6)14-17-35)36-25(33-20)19-24(34-36)23-18-22(12-15-32-23)21-10-8-7-9-11-21;1-13-16(17(19(27)28-7)29-20(2,3)4)18(25-10-8-21(5,6)9-11-25)26-15(23-13)12-14(22)24-26;12-11-8-10(6-7-13-11)9-4-2-1-3-5-9;;;/h8-13,16,19-20,28H,14-15,17-18H2,1-7H3;7-12,15,18-19,27H,13-14,16-17H2,1-6H3,(H,37,38);12,17H,8-11H2,1-7H3;1-8H;;2*1H2/q;;;;+1;;/p-1/t28-;27-;17-;;;;/m000..../s1. The third-order valence-corrected chi connectivity index (χ3v) is 22.8. The van der Waals surface area contributed by atoms with E-state index in [1.54, 1.807) is 16.9 Å². The summed E-state index contributed by atoms with van der Waals surface area (Å²) in [7, 11) is 2.78. The zero-order valence-electron chi connectivity index (χ0n) is 75.4. The van der Waals surface area contributed by atoms with Gasteiger partial charge in [-0.3, -0.25) is 9.97 Å². The van der Waals surface area contributed by atoms with Gasteiger partial charge in [0.15, 0.2) is 35.3 Å². The SMILES string of the molecule is Brc1cc(-c2ccccc2)ccn1.COC(=O)[C@@H](OC(C)(C)C)c1c(C)nc2cc(-c3cc(-c4ccccc4)ccn3)nn2c1N1CCC(C)(C)CC1.COC(=O)[C@@H](OC(C)(C)C)c1c(C)nc2cc(Br)nn2c1N1CCC(C)(C)CC1.Cc1nc2cc(-c3cc(-c4ccccc4)ccn3)nn2c(N2CCC(C)(C)CC2)c1[C@H](OC(C)(C)C)C(=O)O.O.[Li+].[OH-]. The smallest absolute Gasteiger partial charge is 0.870 e. The molecule has 3 aliphatic rings. The Bertz CT molecular complexity index is 5640. The number of methoxy groups -OCH3 is 2. The average molecular weight is 1810 g/mol. The van der Waals surface area contributed by atoms with E-state index in [1.165, 1.54) is 25.3 Å². The first-order chi connectivity index (χ1) is 57.1. The molecular weight excluding hydrogens is 1690 g/mol. The zero-order valence-corrected chi connectivity index (χ0v) is 78.6. The van der Waals surface area contributed by atoms with Gasteiger partial charge in [-0.1, -0.05) is 133 Å². The Morgan fingerprint density at radius 1 is 0.395 bits per heavy atom.